The molecule has 2 aromatic carbocycles. The van der Waals surface area contributed by atoms with E-state index in [1.807, 2.05) is 43.0 Å². The van der Waals surface area contributed by atoms with Crippen molar-refractivity contribution in [1.29, 1.82) is 0 Å². The summed E-state index contributed by atoms with van der Waals surface area (Å²) < 4.78 is 30.9. The predicted molar refractivity (Wildman–Crippen MR) is 127 cm³/mol. The Balaban J connectivity index is 1.51. The SMILES string of the molecule is CCOc1ccccc1N1CCN(C(=O)c2cc(C)nn2-c2ccc(S(C)(=O)=O)cc2)CC1. The average molecular weight is 469 g/mol. The van der Waals surface area contributed by atoms with Crippen LogP contribution in [0.1, 0.15) is 23.1 Å². The summed E-state index contributed by atoms with van der Waals surface area (Å²) in [4.78, 5) is 17.7. The summed E-state index contributed by atoms with van der Waals surface area (Å²) in [6.45, 7) is 6.96. The van der Waals surface area contributed by atoms with Crippen molar-refractivity contribution < 1.29 is 17.9 Å². The van der Waals surface area contributed by atoms with Gasteiger partial charge in [-0.3, -0.25) is 4.79 Å². The molecule has 0 aliphatic carbocycles. The third-order valence-electron chi connectivity index (χ3n) is 5.63. The highest BCUT2D eigenvalue weighted by atomic mass is 32.2. The van der Waals surface area contributed by atoms with Gasteiger partial charge in [0.25, 0.3) is 5.91 Å². The van der Waals surface area contributed by atoms with E-state index in [4.69, 9.17) is 4.74 Å². The third kappa shape index (κ3) is 4.88. The molecule has 33 heavy (non-hydrogen) atoms. The molecule has 0 saturated carbocycles. The molecule has 0 unspecified atom stereocenters. The normalized spacial score (nSPS) is 14.4. The van der Waals surface area contributed by atoms with Gasteiger partial charge in [0.15, 0.2) is 9.84 Å². The lowest BCUT2D eigenvalue weighted by Gasteiger charge is -2.36. The standard InChI is InChI=1S/C24H28N4O4S/c1-4-32-23-8-6-5-7-21(23)26-13-15-27(16-14-26)24(29)22-17-18(2)25-28(22)19-9-11-20(12-10-19)33(3,30)31/h5-12,17H,4,13-16H2,1-3H3. The topological polar surface area (TPSA) is 84.7 Å². The minimum absolute atomic E-state index is 0.0967. The summed E-state index contributed by atoms with van der Waals surface area (Å²) in [6.07, 6.45) is 1.17. The van der Waals surface area contributed by atoms with E-state index < -0.39 is 9.84 Å². The summed E-state index contributed by atoms with van der Waals surface area (Å²) >= 11 is 0. The second kappa shape index (κ2) is 9.27. The second-order valence-corrected chi connectivity index (χ2v) is 10.0. The van der Waals surface area contributed by atoms with E-state index in [0.29, 0.717) is 44.2 Å². The zero-order valence-electron chi connectivity index (χ0n) is 19.1. The van der Waals surface area contributed by atoms with Crippen molar-refractivity contribution in [3.05, 3.63) is 66.0 Å². The Bertz CT molecular complexity index is 1240. The summed E-state index contributed by atoms with van der Waals surface area (Å²) in [6, 6.07) is 16.1. The Morgan fingerprint density at radius 1 is 1.03 bits per heavy atom. The molecule has 0 radical (unpaired) electrons. The van der Waals surface area contributed by atoms with Crippen LogP contribution in [0, 0.1) is 6.92 Å². The van der Waals surface area contributed by atoms with Crippen LogP contribution in [0.5, 0.6) is 5.75 Å². The molecule has 0 N–H and O–H groups in total. The number of aryl methyl sites for hydroxylation is 1. The van der Waals surface area contributed by atoms with Crippen LogP contribution in [0.4, 0.5) is 5.69 Å². The van der Waals surface area contributed by atoms with Crippen molar-refractivity contribution in [3.63, 3.8) is 0 Å². The van der Waals surface area contributed by atoms with Crippen molar-refractivity contribution in [1.82, 2.24) is 14.7 Å². The quantitative estimate of drug-likeness (QED) is 0.553. The number of amides is 1. The molecular formula is C24H28N4O4S. The number of anilines is 1. The maximum Gasteiger partial charge on any atom is 0.272 e. The monoisotopic (exact) mass is 468 g/mol. The third-order valence-corrected chi connectivity index (χ3v) is 6.76. The number of piperazine rings is 1. The zero-order chi connectivity index (χ0) is 23.6. The summed E-state index contributed by atoms with van der Waals surface area (Å²) in [7, 11) is -3.29. The number of carbonyl (C=O) groups excluding carboxylic acids is 1. The minimum Gasteiger partial charge on any atom is -0.492 e. The van der Waals surface area contributed by atoms with E-state index in [1.54, 1.807) is 22.9 Å². The predicted octanol–water partition coefficient (Wildman–Crippen LogP) is 2.95. The number of ether oxygens (including phenoxy) is 1. The van der Waals surface area contributed by atoms with Gasteiger partial charge < -0.3 is 14.5 Å². The van der Waals surface area contributed by atoms with Gasteiger partial charge >= 0.3 is 0 Å². The molecule has 1 aromatic heterocycles. The fourth-order valence-electron chi connectivity index (χ4n) is 3.99. The van der Waals surface area contributed by atoms with Crippen molar-refractivity contribution in [2.24, 2.45) is 0 Å². The first-order valence-electron chi connectivity index (χ1n) is 10.9. The Kier molecular flexibility index (Phi) is 6.42. The van der Waals surface area contributed by atoms with Crippen molar-refractivity contribution in [2.75, 3.05) is 43.9 Å². The van der Waals surface area contributed by atoms with Crippen LogP contribution < -0.4 is 9.64 Å². The van der Waals surface area contributed by atoms with Gasteiger partial charge in [-0.1, -0.05) is 12.1 Å². The molecule has 9 heteroatoms. The second-order valence-electron chi connectivity index (χ2n) is 8.03. The number of carbonyl (C=O) groups is 1. The molecule has 174 valence electrons. The van der Waals surface area contributed by atoms with E-state index >= 15 is 0 Å². The van der Waals surface area contributed by atoms with Gasteiger partial charge in [0.2, 0.25) is 0 Å². The highest BCUT2D eigenvalue weighted by Gasteiger charge is 2.26. The Labute approximate surface area is 194 Å². The number of nitrogens with zero attached hydrogens (tertiary/aromatic N) is 4. The van der Waals surface area contributed by atoms with Gasteiger partial charge in [-0.2, -0.15) is 5.10 Å². The van der Waals surface area contributed by atoms with Crippen LogP contribution in [0.3, 0.4) is 0 Å². The molecule has 1 aliphatic rings. The summed E-state index contributed by atoms with van der Waals surface area (Å²) in [5, 5.41) is 4.48. The van der Waals surface area contributed by atoms with Crippen LogP contribution in [-0.2, 0) is 9.84 Å². The number of benzene rings is 2. The highest BCUT2D eigenvalue weighted by molar-refractivity contribution is 7.90. The molecule has 3 aromatic rings. The average Bonchev–Trinajstić information content (AvgIpc) is 3.20. The molecule has 1 aliphatic heterocycles. The molecule has 1 saturated heterocycles. The molecule has 1 amide bonds. The number of sulfone groups is 1. The van der Waals surface area contributed by atoms with Crippen LogP contribution >= 0.6 is 0 Å². The number of para-hydroxylation sites is 2. The molecule has 8 nitrogen and oxygen atoms in total. The molecule has 1 fully saturated rings. The van der Waals surface area contributed by atoms with E-state index in [9.17, 15) is 13.2 Å². The number of hydrogen-bond donors (Lipinski definition) is 0. The first kappa shape index (κ1) is 22.8. The molecular weight excluding hydrogens is 440 g/mol. The maximum atomic E-state index is 13.4. The Morgan fingerprint density at radius 2 is 1.70 bits per heavy atom. The molecule has 4 rings (SSSR count). The molecule has 0 atom stereocenters. The van der Waals surface area contributed by atoms with Crippen molar-refractivity contribution >= 4 is 21.4 Å². The van der Waals surface area contributed by atoms with Gasteiger partial charge in [0.05, 0.1) is 28.6 Å². The smallest absolute Gasteiger partial charge is 0.272 e. The lowest BCUT2D eigenvalue weighted by molar-refractivity contribution is 0.0737. The lowest BCUT2D eigenvalue weighted by atomic mass is 10.2. The van der Waals surface area contributed by atoms with E-state index in [0.717, 1.165) is 17.1 Å². The largest absolute Gasteiger partial charge is 0.492 e. The molecule has 0 spiro atoms. The number of rotatable bonds is 6. The van der Waals surface area contributed by atoms with E-state index in [2.05, 4.69) is 10.00 Å². The summed E-state index contributed by atoms with van der Waals surface area (Å²) in [5.74, 6) is 0.756. The number of aromatic nitrogens is 2. The van der Waals surface area contributed by atoms with Gasteiger partial charge in [0.1, 0.15) is 11.4 Å². The minimum atomic E-state index is -3.29. The van der Waals surface area contributed by atoms with Gasteiger partial charge in [-0.15, -0.1) is 0 Å². The summed E-state index contributed by atoms with van der Waals surface area (Å²) in [5.41, 5.74) is 2.86. The zero-order valence-corrected chi connectivity index (χ0v) is 19.9. The fourth-order valence-corrected chi connectivity index (χ4v) is 4.62. The van der Waals surface area contributed by atoms with Crippen molar-refractivity contribution in [2.45, 2.75) is 18.7 Å². The highest BCUT2D eigenvalue weighted by Crippen LogP contribution is 2.29. The Morgan fingerprint density at radius 3 is 2.33 bits per heavy atom. The first-order valence-corrected chi connectivity index (χ1v) is 12.8. The van der Waals surface area contributed by atoms with Crippen LogP contribution in [0.2, 0.25) is 0 Å². The maximum absolute atomic E-state index is 13.4. The molecule has 2 heterocycles. The van der Waals surface area contributed by atoms with Crippen molar-refractivity contribution in [3.8, 4) is 11.4 Å². The van der Waals surface area contributed by atoms with Crippen LogP contribution in [0.25, 0.3) is 5.69 Å². The molecule has 0 bridgehead atoms. The van der Waals surface area contributed by atoms with E-state index in [1.165, 1.54) is 18.4 Å². The van der Waals surface area contributed by atoms with Gasteiger partial charge in [-0.05, 0) is 56.3 Å². The van der Waals surface area contributed by atoms with Gasteiger partial charge in [-0.25, -0.2) is 13.1 Å². The lowest BCUT2D eigenvalue weighted by Crippen LogP contribution is -2.49. The Hall–Kier alpha value is -3.33. The van der Waals surface area contributed by atoms with Gasteiger partial charge in [0, 0.05) is 32.4 Å². The number of hydrogen-bond acceptors (Lipinski definition) is 6. The first-order chi connectivity index (χ1) is 15.8. The fraction of sp³-hybridized carbons (Fsp3) is 0.333. The van der Waals surface area contributed by atoms with Crippen LogP contribution in [-0.4, -0.2) is 68.0 Å². The van der Waals surface area contributed by atoms with Crippen LogP contribution in [0.15, 0.2) is 59.5 Å². The van der Waals surface area contributed by atoms with E-state index in [-0.39, 0.29) is 10.8 Å².